The minimum Gasteiger partial charge on any atom is -0.497 e. The van der Waals surface area contributed by atoms with Crippen LogP contribution in [0.25, 0.3) is 0 Å². The third-order valence-corrected chi connectivity index (χ3v) is 4.66. The van der Waals surface area contributed by atoms with Gasteiger partial charge in [-0.25, -0.2) is 0 Å². The first kappa shape index (κ1) is 14.7. The first-order chi connectivity index (χ1) is 9.28. The van der Waals surface area contributed by atoms with Gasteiger partial charge in [0.05, 0.1) is 7.11 Å². The fraction of sp³-hybridized carbons (Fsp3) is 0.625. The van der Waals surface area contributed by atoms with Crippen LogP contribution in [0.2, 0.25) is 0 Å². The number of hydrogen-bond acceptors (Lipinski definition) is 2. The molecule has 0 radical (unpaired) electrons. The van der Waals surface area contributed by atoms with Crippen LogP contribution in [0.4, 0.5) is 0 Å². The summed E-state index contributed by atoms with van der Waals surface area (Å²) in [5.41, 5.74) is 1.17. The lowest BCUT2D eigenvalue weighted by molar-refractivity contribution is 0.0896. The van der Waals surface area contributed by atoms with Gasteiger partial charge in [0.25, 0.3) is 0 Å². The average Bonchev–Trinajstić information content (AvgIpc) is 2.48. The summed E-state index contributed by atoms with van der Waals surface area (Å²) in [4.78, 5) is 0. The van der Waals surface area contributed by atoms with Crippen LogP contribution in [-0.4, -0.2) is 13.2 Å². The Labute approximate surface area is 124 Å². The Morgan fingerprint density at radius 2 is 2.05 bits per heavy atom. The lowest BCUT2D eigenvalue weighted by Gasteiger charge is -2.31. The minimum absolute atomic E-state index is 0.380. The van der Waals surface area contributed by atoms with Gasteiger partial charge in [-0.1, -0.05) is 29.3 Å². The smallest absolute Gasteiger partial charge is 0.124 e. The number of halogens is 1. The molecule has 0 bridgehead atoms. The van der Waals surface area contributed by atoms with Crippen LogP contribution in [0.5, 0.6) is 11.5 Å². The Kier molecular flexibility index (Phi) is 5.56. The molecule has 2 rings (SSSR count). The van der Waals surface area contributed by atoms with Gasteiger partial charge in [-0.3, -0.25) is 0 Å². The van der Waals surface area contributed by atoms with Crippen molar-refractivity contribution in [2.45, 2.75) is 50.5 Å². The van der Waals surface area contributed by atoms with E-state index in [4.69, 9.17) is 9.47 Å². The van der Waals surface area contributed by atoms with Crippen molar-refractivity contribution in [2.75, 3.05) is 7.11 Å². The molecule has 3 heteroatoms. The fourth-order valence-corrected chi connectivity index (χ4v) is 3.30. The second kappa shape index (κ2) is 7.18. The number of alkyl halides is 1. The van der Waals surface area contributed by atoms with E-state index >= 15 is 0 Å². The molecule has 0 spiro atoms. The zero-order valence-electron chi connectivity index (χ0n) is 11.8. The highest BCUT2D eigenvalue weighted by atomic mass is 79.9. The quantitative estimate of drug-likeness (QED) is 0.713. The Bertz CT molecular complexity index is 406. The van der Waals surface area contributed by atoms with Crippen molar-refractivity contribution in [1.29, 1.82) is 0 Å². The van der Waals surface area contributed by atoms with Gasteiger partial charge < -0.3 is 9.47 Å². The normalized spacial score (nSPS) is 23.1. The zero-order valence-corrected chi connectivity index (χ0v) is 13.4. The fourth-order valence-electron chi connectivity index (χ4n) is 2.86. The lowest BCUT2D eigenvalue weighted by Crippen LogP contribution is -2.30. The van der Waals surface area contributed by atoms with E-state index in [1.165, 1.54) is 37.7 Å². The molecule has 0 aromatic heterocycles. The predicted octanol–water partition coefficient (Wildman–Crippen LogP) is 4.94. The summed E-state index contributed by atoms with van der Waals surface area (Å²) < 4.78 is 11.6. The average molecular weight is 327 g/mol. The topological polar surface area (TPSA) is 18.5 Å². The van der Waals surface area contributed by atoms with Crippen LogP contribution in [-0.2, 0) is 5.33 Å². The van der Waals surface area contributed by atoms with Crippen LogP contribution in [0, 0.1) is 5.92 Å². The van der Waals surface area contributed by atoms with Gasteiger partial charge in [0.2, 0.25) is 0 Å². The van der Waals surface area contributed by atoms with E-state index < -0.39 is 0 Å². The van der Waals surface area contributed by atoms with Gasteiger partial charge in [-0.05, 0) is 49.8 Å². The summed E-state index contributed by atoms with van der Waals surface area (Å²) in [5, 5.41) is 0.795. The molecule has 2 nitrogen and oxygen atoms in total. The molecule has 1 aromatic carbocycles. The lowest BCUT2D eigenvalue weighted by atomic mass is 9.84. The standard InChI is InChI=1S/C16H23BrO2/c1-3-12-6-4-5-7-15(12)19-16-9-8-14(18-2)10-13(16)11-17/h8-10,12,15H,3-7,11H2,1-2H3. The molecule has 2 atom stereocenters. The van der Waals surface area contributed by atoms with Crippen LogP contribution in [0.3, 0.4) is 0 Å². The molecule has 0 heterocycles. The third kappa shape index (κ3) is 3.65. The van der Waals surface area contributed by atoms with Gasteiger partial charge >= 0.3 is 0 Å². The SMILES string of the molecule is CCC1CCCCC1Oc1ccc(OC)cc1CBr. The second-order valence-electron chi connectivity index (χ2n) is 5.22. The zero-order chi connectivity index (χ0) is 13.7. The number of methoxy groups -OCH3 is 1. The minimum atomic E-state index is 0.380. The van der Waals surface area contributed by atoms with E-state index in [9.17, 15) is 0 Å². The molecule has 0 amide bonds. The molecular formula is C16H23BrO2. The van der Waals surface area contributed by atoms with Crippen LogP contribution >= 0.6 is 15.9 Å². The highest BCUT2D eigenvalue weighted by Crippen LogP contribution is 2.33. The molecule has 1 aromatic rings. The Hall–Kier alpha value is -0.700. The molecule has 1 saturated carbocycles. The van der Waals surface area contributed by atoms with E-state index in [0.29, 0.717) is 12.0 Å². The van der Waals surface area contributed by atoms with E-state index in [1.807, 2.05) is 18.2 Å². The van der Waals surface area contributed by atoms with Crippen LogP contribution in [0.1, 0.15) is 44.6 Å². The number of rotatable bonds is 5. The van der Waals surface area contributed by atoms with Crippen molar-refractivity contribution in [3.05, 3.63) is 23.8 Å². The van der Waals surface area contributed by atoms with Gasteiger partial charge in [-0.15, -0.1) is 0 Å². The van der Waals surface area contributed by atoms with Gasteiger partial charge in [0.1, 0.15) is 17.6 Å². The Morgan fingerprint density at radius 1 is 1.26 bits per heavy atom. The van der Waals surface area contributed by atoms with E-state index in [-0.39, 0.29) is 0 Å². The van der Waals surface area contributed by atoms with Crippen molar-refractivity contribution in [3.63, 3.8) is 0 Å². The van der Waals surface area contributed by atoms with Crippen molar-refractivity contribution in [2.24, 2.45) is 5.92 Å². The summed E-state index contributed by atoms with van der Waals surface area (Å²) in [6, 6.07) is 6.07. The van der Waals surface area contributed by atoms with Crippen molar-refractivity contribution < 1.29 is 9.47 Å². The highest BCUT2D eigenvalue weighted by molar-refractivity contribution is 9.08. The van der Waals surface area contributed by atoms with E-state index in [0.717, 1.165) is 16.8 Å². The molecule has 0 N–H and O–H groups in total. The van der Waals surface area contributed by atoms with Gasteiger partial charge in [0, 0.05) is 10.9 Å². The summed E-state index contributed by atoms with van der Waals surface area (Å²) in [6.07, 6.45) is 6.73. The predicted molar refractivity (Wildman–Crippen MR) is 82.3 cm³/mol. The molecule has 1 fully saturated rings. The maximum Gasteiger partial charge on any atom is 0.124 e. The molecule has 19 heavy (non-hydrogen) atoms. The third-order valence-electron chi connectivity index (χ3n) is 4.05. The van der Waals surface area contributed by atoms with Crippen LogP contribution < -0.4 is 9.47 Å². The van der Waals surface area contributed by atoms with Gasteiger partial charge in [-0.2, -0.15) is 0 Å². The summed E-state index contributed by atoms with van der Waals surface area (Å²) in [7, 11) is 1.70. The second-order valence-corrected chi connectivity index (χ2v) is 5.78. The van der Waals surface area contributed by atoms with Crippen molar-refractivity contribution >= 4 is 15.9 Å². The first-order valence-corrected chi connectivity index (χ1v) is 8.30. The van der Waals surface area contributed by atoms with E-state index in [1.54, 1.807) is 7.11 Å². The molecular weight excluding hydrogens is 304 g/mol. The number of benzene rings is 1. The van der Waals surface area contributed by atoms with Crippen molar-refractivity contribution in [1.82, 2.24) is 0 Å². The maximum atomic E-state index is 6.29. The largest absolute Gasteiger partial charge is 0.497 e. The summed E-state index contributed by atoms with van der Waals surface area (Å²) >= 11 is 3.53. The monoisotopic (exact) mass is 326 g/mol. The molecule has 1 aliphatic rings. The van der Waals surface area contributed by atoms with Gasteiger partial charge in [0.15, 0.2) is 0 Å². The number of hydrogen-bond donors (Lipinski definition) is 0. The highest BCUT2D eigenvalue weighted by Gasteiger charge is 2.25. The summed E-state index contributed by atoms with van der Waals surface area (Å²) in [6.45, 7) is 2.27. The van der Waals surface area contributed by atoms with Crippen LogP contribution in [0.15, 0.2) is 18.2 Å². The molecule has 0 aliphatic heterocycles. The molecule has 106 valence electrons. The number of ether oxygens (including phenoxy) is 2. The molecule has 2 unspecified atom stereocenters. The Morgan fingerprint density at radius 3 is 2.74 bits per heavy atom. The Balaban J connectivity index is 2.12. The van der Waals surface area contributed by atoms with E-state index in [2.05, 4.69) is 22.9 Å². The maximum absolute atomic E-state index is 6.29. The van der Waals surface area contributed by atoms with Crippen molar-refractivity contribution in [3.8, 4) is 11.5 Å². The first-order valence-electron chi connectivity index (χ1n) is 7.18. The summed E-state index contributed by atoms with van der Waals surface area (Å²) in [5.74, 6) is 2.60. The molecule has 1 aliphatic carbocycles. The molecule has 0 saturated heterocycles.